The molecule has 0 bridgehead atoms. The van der Waals surface area contributed by atoms with Gasteiger partial charge in [0.2, 0.25) is 5.91 Å². The van der Waals surface area contributed by atoms with Gasteiger partial charge >= 0.3 is 0 Å². The molecule has 0 saturated carbocycles. The van der Waals surface area contributed by atoms with E-state index in [1.54, 1.807) is 0 Å². The van der Waals surface area contributed by atoms with Crippen LogP contribution in [0.5, 0.6) is 5.75 Å². The van der Waals surface area contributed by atoms with E-state index >= 15 is 0 Å². The summed E-state index contributed by atoms with van der Waals surface area (Å²) >= 11 is 0. The van der Waals surface area contributed by atoms with E-state index in [0.29, 0.717) is 6.61 Å². The SMILES string of the molecule is CCOc1ccc(NC(C)C(=O)Nc2ccc(C)cc2C)cc1. The van der Waals surface area contributed by atoms with E-state index in [1.807, 2.05) is 64.1 Å². The first-order valence-corrected chi connectivity index (χ1v) is 7.87. The minimum Gasteiger partial charge on any atom is -0.494 e. The summed E-state index contributed by atoms with van der Waals surface area (Å²) in [7, 11) is 0. The summed E-state index contributed by atoms with van der Waals surface area (Å²) in [5, 5.41) is 6.16. The molecule has 1 amide bonds. The summed E-state index contributed by atoms with van der Waals surface area (Å²) in [6.45, 7) is 8.46. The number of carbonyl (C=O) groups excluding carboxylic acids is 1. The minimum atomic E-state index is -0.339. The third-order valence-electron chi connectivity index (χ3n) is 3.58. The smallest absolute Gasteiger partial charge is 0.246 e. The maximum absolute atomic E-state index is 12.3. The molecule has 0 aromatic heterocycles. The Bertz CT molecular complexity index is 666. The van der Waals surface area contributed by atoms with Crippen LogP contribution in [0.25, 0.3) is 0 Å². The number of anilines is 2. The molecule has 0 radical (unpaired) electrons. The molecule has 1 unspecified atom stereocenters. The Morgan fingerprint density at radius 3 is 2.43 bits per heavy atom. The molecule has 2 aromatic rings. The zero-order valence-electron chi connectivity index (χ0n) is 14.1. The molecule has 4 heteroatoms. The van der Waals surface area contributed by atoms with Crippen molar-refractivity contribution in [3.63, 3.8) is 0 Å². The highest BCUT2D eigenvalue weighted by Gasteiger charge is 2.13. The predicted molar refractivity (Wildman–Crippen MR) is 95.2 cm³/mol. The number of ether oxygens (including phenoxy) is 1. The number of amides is 1. The van der Waals surface area contributed by atoms with Gasteiger partial charge in [0.15, 0.2) is 0 Å². The molecule has 2 aromatic carbocycles. The van der Waals surface area contributed by atoms with Crippen molar-refractivity contribution in [1.82, 2.24) is 0 Å². The lowest BCUT2D eigenvalue weighted by Gasteiger charge is -2.17. The molecule has 0 saturated heterocycles. The average Bonchev–Trinajstić information content (AvgIpc) is 2.52. The maximum atomic E-state index is 12.3. The Morgan fingerprint density at radius 2 is 1.83 bits per heavy atom. The fourth-order valence-corrected chi connectivity index (χ4v) is 2.32. The van der Waals surface area contributed by atoms with Crippen LogP contribution in [0.3, 0.4) is 0 Å². The summed E-state index contributed by atoms with van der Waals surface area (Å²) in [4.78, 5) is 12.3. The monoisotopic (exact) mass is 312 g/mol. The Labute approximate surface area is 137 Å². The molecular weight excluding hydrogens is 288 g/mol. The summed E-state index contributed by atoms with van der Waals surface area (Å²) in [5.41, 5.74) is 3.98. The van der Waals surface area contributed by atoms with Gasteiger partial charge in [-0.15, -0.1) is 0 Å². The first-order chi connectivity index (χ1) is 11.0. The van der Waals surface area contributed by atoms with E-state index in [0.717, 1.165) is 22.7 Å². The van der Waals surface area contributed by atoms with Crippen LogP contribution in [0.4, 0.5) is 11.4 Å². The molecule has 0 aliphatic rings. The van der Waals surface area contributed by atoms with Crippen LogP contribution in [0, 0.1) is 13.8 Å². The van der Waals surface area contributed by atoms with Crippen molar-refractivity contribution in [2.24, 2.45) is 0 Å². The van der Waals surface area contributed by atoms with Gasteiger partial charge < -0.3 is 15.4 Å². The Hall–Kier alpha value is -2.49. The fraction of sp³-hybridized carbons (Fsp3) is 0.316. The molecule has 0 aliphatic carbocycles. The minimum absolute atomic E-state index is 0.0640. The number of hydrogen-bond donors (Lipinski definition) is 2. The highest BCUT2D eigenvalue weighted by Crippen LogP contribution is 2.18. The molecule has 23 heavy (non-hydrogen) atoms. The van der Waals surface area contributed by atoms with Gasteiger partial charge in [-0.05, 0) is 63.6 Å². The first kappa shape index (κ1) is 16.9. The van der Waals surface area contributed by atoms with Crippen LogP contribution in [-0.2, 0) is 4.79 Å². The molecule has 2 N–H and O–H groups in total. The number of rotatable bonds is 6. The predicted octanol–water partition coefficient (Wildman–Crippen LogP) is 4.14. The third kappa shape index (κ3) is 4.74. The van der Waals surface area contributed by atoms with Gasteiger partial charge in [0.05, 0.1) is 6.61 Å². The average molecular weight is 312 g/mol. The van der Waals surface area contributed by atoms with Crippen molar-refractivity contribution in [2.75, 3.05) is 17.2 Å². The van der Waals surface area contributed by atoms with Crippen LogP contribution in [0.2, 0.25) is 0 Å². The molecule has 0 fully saturated rings. The number of carbonyl (C=O) groups is 1. The Kier molecular flexibility index (Phi) is 5.63. The second-order valence-corrected chi connectivity index (χ2v) is 5.63. The summed E-state index contributed by atoms with van der Waals surface area (Å²) in [5.74, 6) is 0.760. The van der Waals surface area contributed by atoms with E-state index in [4.69, 9.17) is 4.74 Å². The first-order valence-electron chi connectivity index (χ1n) is 7.87. The van der Waals surface area contributed by atoms with Gasteiger partial charge in [-0.3, -0.25) is 4.79 Å². The van der Waals surface area contributed by atoms with E-state index in [1.165, 1.54) is 5.56 Å². The van der Waals surface area contributed by atoms with Crippen molar-refractivity contribution in [1.29, 1.82) is 0 Å². The maximum Gasteiger partial charge on any atom is 0.246 e. The van der Waals surface area contributed by atoms with Crippen molar-refractivity contribution in [3.05, 3.63) is 53.6 Å². The summed E-state index contributed by atoms with van der Waals surface area (Å²) in [6, 6.07) is 13.2. The molecule has 122 valence electrons. The zero-order chi connectivity index (χ0) is 16.8. The number of nitrogens with one attached hydrogen (secondary N) is 2. The van der Waals surface area contributed by atoms with Crippen molar-refractivity contribution in [3.8, 4) is 5.75 Å². The molecule has 0 heterocycles. The normalized spacial score (nSPS) is 11.7. The lowest BCUT2D eigenvalue weighted by atomic mass is 10.1. The molecule has 1 atom stereocenters. The van der Waals surface area contributed by atoms with Gasteiger partial charge in [-0.2, -0.15) is 0 Å². The number of benzene rings is 2. The van der Waals surface area contributed by atoms with Gasteiger partial charge in [0.1, 0.15) is 11.8 Å². The van der Waals surface area contributed by atoms with Crippen LogP contribution in [0.15, 0.2) is 42.5 Å². The number of aryl methyl sites for hydroxylation is 2. The van der Waals surface area contributed by atoms with Crippen LogP contribution >= 0.6 is 0 Å². The van der Waals surface area contributed by atoms with Gasteiger partial charge in [-0.25, -0.2) is 0 Å². The van der Waals surface area contributed by atoms with E-state index in [-0.39, 0.29) is 11.9 Å². The molecule has 4 nitrogen and oxygen atoms in total. The topological polar surface area (TPSA) is 50.4 Å². The summed E-state index contributed by atoms with van der Waals surface area (Å²) in [6.07, 6.45) is 0. The lowest BCUT2D eigenvalue weighted by molar-refractivity contribution is -0.116. The van der Waals surface area contributed by atoms with Crippen LogP contribution < -0.4 is 15.4 Å². The highest BCUT2D eigenvalue weighted by atomic mass is 16.5. The van der Waals surface area contributed by atoms with Crippen LogP contribution in [-0.4, -0.2) is 18.6 Å². The van der Waals surface area contributed by atoms with Gasteiger partial charge in [0.25, 0.3) is 0 Å². The Morgan fingerprint density at radius 1 is 1.13 bits per heavy atom. The molecular formula is C19H24N2O2. The highest BCUT2D eigenvalue weighted by molar-refractivity contribution is 5.96. The van der Waals surface area contributed by atoms with Gasteiger partial charge in [-0.1, -0.05) is 17.7 Å². The zero-order valence-corrected chi connectivity index (χ0v) is 14.1. The van der Waals surface area contributed by atoms with Crippen molar-refractivity contribution in [2.45, 2.75) is 33.7 Å². The molecule has 0 spiro atoms. The second-order valence-electron chi connectivity index (χ2n) is 5.63. The standard InChI is InChI=1S/C19H24N2O2/c1-5-23-17-9-7-16(8-10-17)20-15(4)19(22)21-18-11-6-13(2)12-14(18)3/h6-12,15,20H,5H2,1-4H3,(H,21,22). The summed E-state index contributed by atoms with van der Waals surface area (Å²) < 4.78 is 5.41. The quantitative estimate of drug-likeness (QED) is 0.843. The molecule has 0 aliphatic heterocycles. The third-order valence-corrected chi connectivity index (χ3v) is 3.58. The Balaban J connectivity index is 1.96. The van der Waals surface area contributed by atoms with Crippen LogP contribution in [0.1, 0.15) is 25.0 Å². The van der Waals surface area contributed by atoms with E-state index in [2.05, 4.69) is 16.7 Å². The molecule has 2 rings (SSSR count). The second kappa shape index (κ2) is 7.68. The van der Waals surface area contributed by atoms with E-state index in [9.17, 15) is 4.79 Å². The fourth-order valence-electron chi connectivity index (χ4n) is 2.32. The largest absolute Gasteiger partial charge is 0.494 e. The van der Waals surface area contributed by atoms with Crippen molar-refractivity contribution >= 4 is 17.3 Å². The van der Waals surface area contributed by atoms with Gasteiger partial charge in [0, 0.05) is 11.4 Å². The number of hydrogen-bond acceptors (Lipinski definition) is 3. The lowest BCUT2D eigenvalue weighted by Crippen LogP contribution is -2.32. The van der Waals surface area contributed by atoms with E-state index < -0.39 is 0 Å². The van der Waals surface area contributed by atoms with Crippen molar-refractivity contribution < 1.29 is 9.53 Å².